The van der Waals surface area contributed by atoms with E-state index in [1.54, 1.807) is 0 Å². The highest BCUT2D eigenvalue weighted by molar-refractivity contribution is 5.86. The first-order valence-corrected chi connectivity index (χ1v) is 11.5. The molecule has 2 unspecified atom stereocenters. The lowest BCUT2D eigenvalue weighted by atomic mass is 9.88. The summed E-state index contributed by atoms with van der Waals surface area (Å²) in [6.07, 6.45) is 6.21. The maximum atomic E-state index is 4.95. The Morgan fingerprint density at radius 1 is 0.828 bits per heavy atom. The van der Waals surface area contributed by atoms with Crippen molar-refractivity contribution in [3.8, 4) is 0 Å². The number of aryl methyl sites for hydroxylation is 2. The summed E-state index contributed by atoms with van der Waals surface area (Å²) >= 11 is 0. The second kappa shape index (κ2) is 11.3. The number of aliphatic imine (C=N–C) groups is 1. The lowest BCUT2D eigenvalue weighted by Crippen LogP contribution is -2.06. The molecular formula is C28H41N. The van der Waals surface area contributed by atoms with Gasteiger partial charge in [0.2, 0.25) is 0 Å². The van der Waals surface area contributed by atoms with E-state index in [2.05, 4.69) is 90.9 Å². The third-order valence-electron chi connectivity index (χ3n) is 6.47. The quantitative estimate of drug-likeness (QED) is 0.358. The lowest BCUT2D eigenvalue weighted by Gasteiger charge is -2.18. The van der Waals surface area contributed by atoms with Gasteiger partial charge in [-0.1, -0.05) is 82.5 Å². The molecule has 3 atom stereocenters. The molecule has 2 aromatic carbocycles. The first-order chi connectivity index (χ1) is 13.8. The normalized spacial score (nSPS) is 15.2. The maximum Gasteiger partial charge on any atom is 0.0658 e. The molecule has 0 fully saturated rings. The van der Waals surface area contributed by atoms with Crippen molar-refractivity contribution < 1.29 is 0 Å². The van der Waals surface area contributed by atoms with E-state index in [0.717, 1.165) is 5.69 Å². The fraction of sp³-hybridized carbons (Fsp3) is 0.536. The minimum absolute atomic E-state index is 0.566. The number of benzene rings is 2. The average molecular weight is 392 g/mol. The Bertz CT molecular complexity index is 784. The van der Waals surface area contributed by atoms with Gasteiger partial charge in [-0.3, -0.25) is 4.99 Å². The van der Waals surface area contributed by atoms with Gasteiger partial charge in [0.1, 0.15) is 0 Å². The van der Waals surface area contributed by atoms with Crippen LogP contribution in [0, 0.1) is 19.8 Å². The average Bonchev–Trinajstić information content (AvgIpc) is 2.71. The van der Waals surface area contributed by atoms with Crippen LogP contribution in [0.25, 0.3) is 0 Å². The van der Waals surface area contributed by atoms with Gasteiger partial charge in [-0.05, 0) is 80.5 Å². The highest BCUT2D eigenvalue weighted by Crippen LogP contribution is 2.30. The van der Waals surface area contributed by atoms with Crippen LogP contribution in [-0.2, 0) is 0 Å². The smallest absolute Gasteiger partial charge is 0.0658 e. The Labute approximate surface area is 179 Å². The van der Waals surface area contributed by atoms with Crippen LogP contribution >= 0.6 is 0 Å². The van der Waals surface area contributed by atoms with Crippen LogP contribution in [0.15, 0.2) is 47.5 Å². The Morgan fingerprint density at radius 3 is 2.00 bits per heavy atom. The lowest BCUT2D eigenvalue weighted by molar-refractivity contribution is 0.573. The van der Waals surface area contributed by atoms with Gasteiger partial charge in [0.15, 0.2) is 0 Å². The fourth-order valence-electron chi connectivity index (χ4n) is 3.86. The minimum atomic E-state index is 0.566. The molecule has 0 aliphatic rings. The predicted octanol–water partition coefficient (Wildman–Crippen LogP) is 8.91. The Kier molecular flexibility index (Phi) is 9.14. The van der Waals surface area contributed by atoms with Crippen LogP contribution in [0.1, 0.15) is 101 Å². The number of hydrogen-bond acceptors (Lipinski definition) is 1. The second-order valence-electron chi connectivity index (χ2n) is 9.13. The van der Waals surface area contributed by atoms with Gasteiger partial charge >= 0.3 is 0 Å². The SMILES string of the molecule is CCCCC(C)C(C)=Nc1ccc(C(C)CC[C@@H](C)c2ccc(C)cc2)cc1C. The zero-order valence-electron chi connectivity index (χ0n) is 19.8. The molecule has 0 saturated carbocycles. The molecule has 1 nitrogen and oxygen atoms in total. The van der Waals surface area contributed by atoms with Gasteiger partial charge in [0.05, 0.1) is 5.69 Å². The molecular weight excluding hydrogens is 350 g/mol. The topological polar surface area (TPSA) is 12.4 Å². The summed E-state index contributed by atoms with van der Waals surface area (Å²) in [5.41, 5.74) is 7.92. The molecule has 0 heterocycles. The molecule has 0 saturated heterocycles. The largest absolute Gasteiger partial charge is 0.258 e. The first kappa shape index (κ1) is 23.4. The molecule has 0 radical (unpaired) electrons. The summed E-state index contributed by atoms with van der Waals surface area (Å²) < 4.78 is 0. The molecule has 0 N–H and O–H groups in total. The van der Waals surface area contributed by atoms with Gasteiger partial charge in [-0.25, -0.2) is 0 Å². The van der Waals surface area contributed by atoms with Crippen LogP contribution in [-0.4, -0.2) is 5.71 Å². The fourth-order valence-corrected chi connectivity index (χ4v) is 3.86. The van der Waals surface area contributed by atoms with E-state index in [0.29, 0.717) is 17.8 Å². The van der Waals surface area contributed by atoms with E-state index in [4.69, 9.17) is 4.99 Å². The third-order valence-corrected chi connectivity index (χ3v) is 6.47. The molecule has 29 heavy (non-hydrogen) atoms. The van der Waals surface area contributed by atoms with E-state index in [1.807, 2.05) is 0 Å². The molecule has 2 aromatic rings. The molecule has 0 aliphatic carbocycles. The Morgan fingerprint density at radius 2 is 1.41 bits per heavy atom. The van der Waals surface area contributed by atoms with Gasteiger partial charge in [-0.15, -0.1) is 0 Å². The van der Waals surface area contributed by atoms with Gasteiger partial charge in [0.25, 0.3) is 0 Å². The van der Waals surface area contributed by atoms with Gasteiger partial charge in [-0.2, -0.15) is 0 Å². The number of rotatable bonds is 10. The van der Waals surface area contributed by atoms with Crippen molar-refractivity contribution in [3.05, 3.63) is 64.7 Å². The summed E-state index contributed by atoms with van der Waals surface area (Å²) in [5, 5.41) is 0. The summed E-state index contributed by atoms with van der Waals surface area (Å²) in [5.74, 6) is 1.75. The zero-order valence-corrected chi connectivity index (χ0v) is 19.8. The third kappa shape index (κ3) is 7.14. The van der Waals surface area contributed by atoms with Crippen molar-refractivity contribution in [2.75, 3.05) is 0 Å². The van der Waals surface area contributed by atoms with Crippen molar-refractivity contribution in [2.45, 2.75) is 92.4 Å². The minimum Gasteiger partial charge on any atom is -0.258 e. The highest BCUT2D eigenvalue weighted by Gasteiger charge is 2.12. The van der Waals surface area contributed by atoms with Gasteiger partial charge < -0.3 is 0 Å². The molecule has 2 rings (SSSR count). The van der Waals surface area contributed by atoms with E-state index in [1.165, 1.54) is 60.1 Å². The predicted molar refractivity (Wildman–Crippen MR) is 130 cm³/mol. The molecule has 0 amide bonds. The number of nitrogens with zero attached hydrogens (tertiary/aromatic N) is 1. The van der Waals surface area contributed by atoms with Crippen molar-refractivity contribution in [3.63, 3.8) is 0 Å². The van der Waals surface area contributed by atoms with Crippen molar-refractivity contribution in [2.24, 2.45) is 10.9 Å². The zero-order chi connectivity index (χ0) is 21.4. The van der Waals surface area contributed by atoms with E-state index < -0.39 is 0 Å². The van der Waals surface area contributed by atoms with E-state index >= 15 is 0 Å². The van der Waals surface area contributed by atoms with Crippen molar-refractivity contribution in [1.82, 2.24) is 0 Å². The standard InChI is InChI=1S/C28H41N/c1-8-9-10-21(3)25(7)29-28-18-17-27(19-24(28)6)23(5)14-13-22(4)26-15-11-20(2)12-16-26/h11-12,15-19,21-23H,8-10,13-14H2,1-7H3/t21?,22-,23?/m1/s1. The maximum absolute atomic E-state index is 4.95. The summed E-state index contributed by atoms with van der Waals surface area (Å²) in [7, 11) is 0. The van der Waals surface area contributed by atoms with Crippen molar-refractivity contribution >= 4 is 11.4 Å². The van der Waals surface area contributed by atoms with Crippen LogP contribution in [0.4, 0.5) is 5.69 Å². The van der Waals surface area contributed by atoms with E-state index in [9.17, 15) is 0 Å². The van der Waals surface area contributed by atoms with Crippen LogP contribution < -0.4 is 0 Å². The highest BCUT2D eigenvalue weighted by atomic mass is 14.7. The first-order valence-electron chi connectivity index (χ1n) is 11.5. The summed E-state index contributed by atoms with van der Waals surface area (Å²) in [6.45, 7) is 15.8. The molecule has 158 valence electrons. The number of unbranched alkanes of at least 4 members (excludes halogenated alkanes) is 1. The summed E-state index contributed by atoms with van der Waals surface area (Å²) in [6, 6.07) is 15.9. The number of hydrogen-bond donors (Lipinski definition) is 0. The van der Waals surface area contributed by atoms with E-state index in [-0.39, 0.29) is 0 Å². The van der Waals surface area contributed by atoms with Crippen LogP contribution in [0.5, 0.6) is 0 Å². The molecule has 1 heteroatoms. The van der Waals surface area contributed by atoms with Crippen LogP contribution in [0.2, 0.25) is 0 Å². The Hall–Kier alpha value is -1.89. The van der Waals surface area contributed by atoms with Crippen LogP contribution in [0.3, 0.4) is 0 Å². The molecule has 0 aromatic heterocycles. The molecule has 0 bridgehead atoms. The van der Waals surface area contributed by atoms with Crippen molar-refractivity contribution in [1.29, 1.82) is 0 Å². The van der Waals surface area contributed by atoms with Gasteiger partial charge in [0, 0.05) is 5.71 Å². The molecule has 0 spiro atoms. The summed E-state index contributed by atoms with van der Waals surface area (Å²) in [4.78, 5) is 4.95. The monoisotopic (exact) mass is 391 g/mol. The molecule has 0 aliphatic heterocycles. The Balaban J connectivity index is 1.98. The second-order valence-corrected chi connectivity index (χ2v) is 9.13.